The average molecular weight is 442 g/mol. The van der Waals surface area contributed by atoms with Crippen molar-refractivity contribution in [3.8, 4) is 0 Å². The van der Waals surface area contributed by atoms with Crippen molar-refractivity contribution in [1.29, 1.82) is 0 Å². The van der Waals surface area contributed by atoms with Crippen LogP contribution in [-0.4, -0.2) is 59.1 Å². The lowest BCUT2D eigenvalue weighted by Crippen LogP contribution is -2.50. The third kappa shape index (κ3) is 7.37. The first-order chi connectivity index (χ1) is 11.5. The lowest BCUT2D eigenvalue weighted by Gasteiger charge is -2.26. The Morgan fingerprint density at radius 3 is 2.36 bits per heavy atom. The van der Waals surface area contributed by atoms with Crippen LogP contribution in [0.15, 0.2) is 0 Å². The summed E-state index contributed by atoms with van der Waals surface area (Å²) >= 11 is 16.4. The predicted octanol–water partition coefficient (Wildman–Crippen LogP) is 3.47. The first-order valence-electron chi connectivity index (χ1n) is 7.39. The number of cyclic esters (lactones) is 1. The standard InChI is InChI=1S/C12H20Cl3N2O7P/c1-4-22-25(20,23-5-2)6-9-8(3)24-11(19)17(9)16-10(18)21-7-12(13,14)15/h8-9H,4-7H2,1-3H3,(H,16,18)/t8-,9-/m0/s1. The van der Waals surface area contributed by atoms with Gasteiger partial charge in [0.15, 0.2) is 0 Å². The first kappa shape index (κ1) is 22.6. The van der Waals surface area contributed by atoms with Crippen LogP contribution in [0.25, 0.3) is 0 Å². The molecule has 1 saturated heterocycles. The van der Waals surface area contributed by atoms with E-state index >= 15 is 0 Å². The van der Waals surface area contributed by atoms with Crippen molar-refractivity contribution in [2.45, 2.75) is 36.7 Å². The summed E-state index contributed by atoms with van der Waals surface area (Å²) in [6.45, 7) is 4.70. The maximum absolute atomic E-state index is 12.7. The van der Waals surface area contributed by atoms with E-state index in [0.717, 1.165) is 5.01 Å². The van der Waals surface area contributed by atoms with E-state index in [1.807, 2.05) is 0 Å². The Morgan fingerprint density at radius 2 is 1.88 bits per heavy atom. The van der Waals surface area contributed by atoms with Gasteiger partial charge in [-0.15, -0.1) is 0 Å². The zero-order valence-electron chi connectivity index (χ0n) is 13.9. The summed E-state index contributed by atoms with van der Waals surface area (Å²) in [7, 11) is -3.48. The van der Waals surface area contributed by atoms with Crippen molar-refractivity contribution in [3.05, 3.63) is 0 Å². The summed E-state index contributed by atoms with van der Waals surface area (Å²) in [6, 6.07) is -0.795. The number of ether oxygens (including phenoxy) is 2. The highest BCUT2D eigenvalue weighted by Gasteiger charge is 2.45. The van der Waals surface area contributed by atoms with E-state index in [2.05, 4.69) is 5.43 Å². The van der Waals surface area contributed by atoms with Crippen LogP contribution in [0, 0.1) is 0 Å². The van der Waals surface area contributed by atoms with Crippen LogP contribution in [0.4, 0.5) is 9.59 Å². The molecule has 2 atom stereocenters. The monoisotopic (exact) mass is 440 g/mol. The van der Waals surface area contributed by atoms with Gasteiger partial charge < -0.3 is 18.5 Å². The highest BCUT2D eigenvalue weighted by molar-refractivity contribution is 7.53. The van der Waals surface area contributed by atoms with Gasteiger partial charge in [-0.1, -0.05) is 34.8 Å². The van der Waals surface area contributed by atoms with Crippen LogP contribution in [0.5, 0.6) is 0 Å². The average Bonchev–Trinajstić information content (AvgIpc) is 2.72. The Kier molecular flexibility index (Phi) is 8.57. The lowest BCUT2D eigenvalue weighted by molar-refractivity contribution is 0.105. The Bertz CT molecular complexity index is 521. The molecule has 0 saturated carbocycles. The van der Waals surface area contributed by atoms with Crippen LogP contribution in [-0.2, 0) is 23.1 Å². The summed E-state index contributed by atoms with van der Waals surface area (Å²) in [6.07, 6.45) is -2.73. The molecule has 9 nitrogen and oxygen atoms in total. The maximum Gasteiger partial charge on any atom is 0.429 e. The zero-order chi connectivity index (χ0) is 19.3. The molecule has 0 bridgehead atoms. The molecule has 1 aliphatic rings. The summed E-state index contributed by atoms with van der Waals surface area (Å²) in [5.41, 5.74) is 2.18. The number of rotatable bonds is 8. The fourth-order valence-electron chi connectivity index (χ4n) is 2.04. The Morgan fingerprint density at radius 1 is 1.32 bits per heavy atom. The minimum atomic E-state index is -3.48. The molecule has 0 aromatic carbocycles. The van der Waals surface area contributed by atoms with Gasteiger partial charge in [0.1, 0.15) is 18.8 Å². The highest BCUT2D eigenvalue weighted by Crippen LogP contribution is 2.50. The molecule has 1 heterocycles. The molecule has 1 fully saturated rings. The van der Waals surface area contributed by atoms with E-state index in [4.69, 9.17) is 53.3 Å². The summed E-state index contributed by atoms with van der Waals surface area (Å²) in [5, 5.41) is 0.857. The van der Waals surface area contributed by atoms with Crippen molar-refractivity contribution in [3.63, 3.8) is 0 Å². The minimum absolute atomic E-state index is 0.159. The largest absolute Gasteiger partial charge is 0.444 e. The Hall–Kier alpha value is -0.440. The smallest absolute Gasteiger partial charge is 0.429 e. The third-order valence-electron chi connectivity index (χ3n) is 3.00. The van der Waals surface area contributed by atoms with Crippen LogP contribution in [0.2, 0.25) is 0 Å². The van der Waals surface area contributed by atoms with Gasteiger partial charge in [-0.25, -0.2) is 20.0 Å². The second-order valence-corrected chi connectivity index (χ2v) is 9.58. The van der Waals surface area contributed by atoms with Gasteiger partial charge in [-0.3, -0.25) is 4.57 Å². The molecule has 0 spiro atoms. The molecule has 0 aromatic rings. The van der Waals surface area contributed by atoms with Crippen molar-refractivity contribution >= 4 is 54.6 Å². The van der Waals surface area contributed by atoms with Gasteiger partial charge in [0, 0.05) is 0 Å². The maximum atomic E-state index is 12.7. The number of alkyl halides is 3. The predicted molar refractivity (Wildman–Crippen MR) is 92.1 cm³/mol. The molecule has 0 aliphatic carbocycles. The molecule has 25 heavy (non-hydrogen) atoms. The van der Waals surface area contributed by atoms with Crippen molar-refractivity contribution in [2.75, 3.05) is 26.0 Å². The van der Waals surface area contributed by atoms with Gasteiger partial charge >= 0.3 is 19.8 Å². The van der Waals surface area contributed by atoms with E-state index in [1.165, 1.54) is 0 Å². The topological polar surface area (TPSA) is 103 Å². The number of halogens is 3. The number of carbonyl (C=O) groups excluding carboxylic acids is 2. The number of amides is 2. The Balaban J connectivity index is 2.80. The molecule has 1 rings (SSSR count). The molecule has 13 heteroatoms. The summed E-state index contributed by atoms with van der Waals surface area (Å²) < 4.78 is 31.0. The van der Waals surface area contributed by atoms with Gasteiger partial charge in [0.25, 0.3) is 0 Å². The molecular weight excluding hydrogens is 421 g/mol. The van der Waals surface area contributed by atoms with Gasteiger partial charge in [-0.2, -0.15) is 0 Å². The van der Waals surface area contributed by atoms with Crippen molar-refractivity contribution in [1.82, 2.24) is 10.4 Å². The van der Waals surface area contributed by atoms with Crippen molar-refractivity contribution in [2.24, 2.45) is 0 Å². The Labute approximate surface area is 160 Å². The molecule has 1 aliphatic heterocycles. The number of nitrogens with one attached hydrogen (secondary N) is 1. The van der Waals surface area contributed by atoms with Crippen LogP contribution < -0.4 is 5.43 Å². The van der Waals surface area contributed by atoms with Crippen LogP contribution in [0.1, 0.15) is 20.8 Å². The van der Waals surface area contributed by atoms with E-state index in [9.17, 15) is 14.2 Å². The van der Waals surface area contributed by atoms with Gasteiger partial charge in [-0.05, 0) is 20.8 Å². The van der Waals surface area contributed by atoms with E-state index in [-0.39, 0.29) is 19.4 Å². The quantitative estimate of drug-likeness (QED) is 0.454. The summed E-state index contributed by atoms with van der Waals surface area (Å²) in [4.78, 5) is 23.7. The number of nitrogens with zero attached hydrogens (tertiary/aromatic N) is 1. The summed E-state index contributed by atoms with van der Waals surface area (Å²) in [5.74, 6) is 0. The van der Waals surface area contributed by atoms with E-state index in [0.29, 0.717) is 0 Å². The number of hydrazine groups is 1. The molecule has 0 aromatic heterocycles. The molecule has 146 valence electrons. The molecule has 2 amide bonds. The molecular formula is C12H20Cl3N2O7P. The number of carbonyl (C=O) groups is 2. The molecule has 0 unspecified atom stereocenters. The minimum Gasteiger partial charge on any atom is -0.444 e. The lowest BCUT2D eigenvalue weighted by atomic mass is 10.2. The number of hydrogen-bond donors (Lipinski definition) is 1. The number of hydrogen-bond acceptors (Lipinski definition) is 7. The normalized spacial score (nSPS) is 21.2. The molecule has 0 radical (unpaired) electrons. The van der Waals surface area contributed by atoms with Gasteiger partial charge in [0.05, 0.1) is 19.4 Å². The SMILES string of the molecule is CCOP(=O)(C[C@H]1[C@H](C)OC(=O)N1NC(=O)OCC(Cl)(Cl)Cl)OCC. The second kappa shape index (κ2) is 9.48. The second-order valence-electron chi connectivity index (χ2n) is 4.96. The molecule has 1 N–H and O–H groups in total. The van der Waals surface area contributed by atoms with E-state index in [1.54, 1.807) is 20.8 Å². The zero-order valence-corrected chi connectivity index (χ0v) is 17.0. The highest BCUT2D eigenvalue weighted by atomic mass is 35.6. The van der Waals surface area contributed by atoms with Crippen molar-refractivity contribution < 1.29 is 32.7 Å². The van der Waals surface area contributed by atoms with Crippen LogP contribution in [0.3, 0.4) is 0 Å². The fraction of sp³-hybridized carbons (Fsp3) is 0.833. The third-order valence-corrected chi connectivity index (χ3v) is 5.45. The first-order valence-corrected chi connectivity index (χ1v) is 10.3. The van der Waals surface area contributed by atoms with Gasteiger partial charge in [0.2, 0.25) is 3.79 Å². The fourth-order valence-corrected chi connectivity index (χ4v) is 4.20. The van der Waals surface area contributed by atoms with E-state index < -0.39 is 42.3 Å². The van der Waals surface area contributed by atoms with Crippen LogP contribution >= 0.6 is 42.4 Å².